The fourth-order valence-corrected chi connectivity index (χ4v) is 2.95. The Labute approximate surface area is 156 Å². The number of hydrogen-bond donors (Lipinski definition) is 1. The first-order valence-electron chi connectivity index (χ1n) is 7.54. The van der Waals surface area contributed by atoms with Crippen molar-refractivity contribution in [3.05, 3.63) is 28.2 Å². The minimum atomic E-state index is 0. The lowest BCUT2D eigenvalue weighted by Crippen LogP contribution is -2.38. The van der Waals surface area contributed by atoms with E-state index >= 15 is 0 Å². The Morgan fingerprint density at radius 3 is 2.64 bits per heavy atom. The van der Waals surface area contributed by atoms with Gasteiger partial charge in [-0.05, 0) is 33.1 Å². The van der Waals surface area contributed by atoms with Gasteiger partial charge in [0.1, 0.15) is 5.01 Å². The molecule has 0 radical (unpaired) electrons. The van der Waals surface area contributed by atoms with Gasteiger partial charge in [0.2, 0.25) is 0 Å². The van der Waals surface area contributed by atoms with Gasteiger partial charge in [-0.15, -0.1) is 41.9 Å². The molecule has 0 amide bonds. The number of allylic oxidation sites excluding steroid dienone is 1. The van der Waals surface area contributed by atoms with Crippen molar-refractivity contribution in [1.82, 2.24) is 15.2 Å². The monoisotopic (exact) mass is 436 g/mol. The Morgan fingerprint density at radius 1 is 1.36 bits per heavy atom. The van der Waals surface area contributed by atoms with Gasteiger partial charge in [0.15, 0.2) is 5.96 Å². The Morgan fingerprint density at radius 2 is 2.09 bits per heavy atom. The second-order valence-corrected chi connectivity index (χ2v) is 6.50. The van der Waals surface area contributed by atoms with Crippen LogP contribution in [-0.4, -0.2) is 36.5 Å². The molecule has 0 saturated carbocycles. The lowest BCUT2D eigenvalue weighted by Gasteiger charge is -2.21. The number of hydrogen-bond acceptors (Lipinski definition) is 3. The number of halogens is 1. The topological polar surface area (TPSA) is 40.5 Å². The summed E-state index contributed by atoms with van der Waals surface area (Å²) in [6.07, 6.45) is 6.74. The third-order valence-electron chi connectivity index (χ3n) is 3.45. The van der Waals surface area contributed by atoms with Crippen molar-refractivity contribution in [1.29, 1.82) is 0 Å². The third-order valence-corrected chi connectivity index (χ3v) is 4.52. The highest BCUT2D eigenvalue weighted by Gasteiger charge is 2.08. The smallest absolute Gasteiger partial charge is 0.193 e. The molecular weight excluding hydrogens is 407 g/mol. The molecule has 22 heavy (non-hydrogen) atoms. The van der Waals surface area contributed by atoms with Crippen molar-refractivity contribution < 1.29 is 0 Å². The van der Waals surface area contributed by atoms with Gasteiger partial charge in [0.05, 0.1) is 12.2 Å². The normalized spacial score (nSPS) is 11.0. The number of thiazole rings is 1. The molecule has 1 aromatic rings. The van der Waals surface area contributed by atoms with E-state index in [4.69, 9.17) is 0 Å². The average Bonchev–Trinajstić information content (AvgIpc) is 2.78. The number of aliphatic imine (C=N–C) groups is 1. The molecule has 126 valence electrons. The number of rotatable bonds is 8. The van der Waals surface area contributed by atoms with Crippen LogP contribution >= 0.6 is 35.3 Å². The molecule has 0 unspecified atom stereocenters. The van der Waals surface area contributed by atoms with Gasteiger partial charge in [-0.2, -0.15) is 0 Å². The van der Waals surface area contributed by atoms with Gasteiger partial charge in [0.25, 0.3) is 0 Å². The van der Waals surface area contributed by atoms with Crippen LogP contribution in [0.15, 0.2) is 17.6 Å². The van der Waals surface area contributed by atoms with E-state index in [0.717, 1.165) is 36.2 Å². The van der Waals surface area contributed by atoms with Crippen LogP contribution in [0.4, 0.5) is 0 Å². The van der Waals surface area contributed by atoms with Crippen LogP contribution in [0.25, 0.3) is 0 Å². The van der Waals surface area contributed by atoms with Gasteiger partial charge in [-0.3, -0.25) is 4.99 Å². The molecule has 0 aliphatic rings. The maximum Gasteiger partial charge on any atom is 0.193 e. The molecular formula is C16H29IN4S. The van der Waals surface area contributed by atoms with Crippen molar-refractivity contribution >= 4 is 41.3 Å². The quantitative estimate of drug-likeness (QED) is 0.219. The molecule has 4 nitrogen and oxygen atoms in total. The summed E-state index contributed by atoms with van der Waals surface area (Å²) in [7, 11) is 3.91. The summed E-state index contributed by atoms with van der Waals surface area (Å²) in [4.78, 5) is 12.4. The predicted molar refractivity (Wildman–Crippen MR) is 108 cm³/mol. The van der Waals surface area contributed by atoms with Crippen molar-refractivity contribution in [2.45, 2.75) is 46.1 Å². The van der Waals surface area contributed by atoms with Gasteiger partial charge in [0, 0.05) is 25.5 Å². The van der Waals surface area contributed by atoms with Crippen molar-refractivity contribution in [3.63, 3.8) is 0 Å². The van der Waals surface area contributed by atoms with E-state index in [1.807, 2.05) is 13.1 Å². The van der Waals surface area contributed by atoms with Crippen molar-refractivity contribution in [2.24, 2.45) is 4.99 Å². The Balaban J connectivity index is 0.00000441. The minimum Gasteiger partial charge on any atom is -0.350 e. The van der Waals surface area contributed by atoms with Gasteiger partial charge < -0.3 is 10.2 Å². The standard InChI is InChI=1S/C16H28N4S.HI/c1-6-7-8-9-10-11-20(5)16(17-4)18-12-15-19-13(2)14(3)21-15;/h6H,1,7-12H2,2-5H3,(H,17,18);1H. The molecule has 1 rings (SSSR count). The van der Waals surface area contributed by atoms with E-state index in [9.17, 15) is 0 Å². The molecule has 0 aromatic carbocycles. The van der Waals surface area contributed by atoms with E-state index in [0.29, 0.717) is 0 Å². The Kier molecular flexibility index (Phi) is 11.5. The number of guanidine groups is 1. The van der Waals surface area contributed by atoms with Gasteiger partial charge in [-0.25, -0.2) is 4.98 Å². The van der Waals surface area contributed by atoms with Gasteiger partial charge in [-0.1, -0.05) is 12.5 Å². The lowest BCUT2D eigenvalue weighted by atomic mass is 10.2. The maximum absolute atomic E-state index is 4.54. The largest absolute Gasteiger partial charge is 0.350 e. The first kappa shape index (κ1) is 21.4. The predicted octanol–water partition coefficient (Wildman–Crippen LogP) is 4.13. The van der Waals surface area contributed by atoms with Crippen molar-refractivity contribution in [2.75, 3.05) is 20.6 Å². The van der Waals surface area contributed by atoms with Gasteiger partial charge >= 0.3 is 0 Å². The molecule has 0 aliphatic carbocycles. The van der Waals surface area contributed by atoms with Crippen LogP contribution in [-0.2, 0) is 6.54 Å². The number of aryl methyl sites for hydroxylation is 2. The SMILES string of the molecule is C=CCCCCCN(C)C(=NC)NCc1nc(C)c(C)s1.I. The summed E-state index contributed by atoms with van der Waals surface area (Å²) >= 11 is 1.75. The molecule has 0 saturated heterocycles. The first-order valence-corrected chi connectivity index (χ1v) is 8.35. The van der Waals surface area contributed by atoms with E-state index in [2.05, 4.69) is 47.7 Å². The second kappa shape index (κ2) is 11.9. The highest BCUT2D eigenvalue weighted by atomic mass is 127. The first-order chi connectivity index (χ1) is 10.1. The van der Waals surface area contributed by atoms with E-state index in [1.165, 1.54) is 24.1 Å². The van der Waals surface area contributed by atoms with Crippen LogP contribution < -0.4 is 5.32 Å². The Hall–Kier alpha value is -0.630. The Bertz CT molecular complexity index is 451. The summed E-state index contributed by atoms with van der Waals surface area (Å²) in [5.74, 6) is 0.934. The van der Waals surface area contributed by atoms with Crippen LogP contribution in [0, 0.1) is 13.8 Å². The second-order valence-electron chi connectivity index (χ2n) is 5.21. The number of aromatic nitrogens is 1. The van der Waals surface area contributed by atoms with E-state index in [-0.39, 0.29) is 24.0 Å². The fourth-order valence-electron chi connectivity index (χ4n) is 2.07. The lowest BCUT2D eigenvalue weighted by molar-refractivity contribution is 0.455. The van der Waals surface area contributed by atoms with Crippen molar-refractivity contribution in [3.8, 4) is 0 Å². The molecule has 0 aliphatic heterocycles. The highest BCUT2D eigenvalue weighted by Crippen LogP contribution is 2.16. The van der Waals surface area contributed by atoms with E-state index in [1.54, 1.807) is 11.3 Å². The molecule has 1 aromatic heterocycles. The molecule has 6 heteroatoms. The van der Waals surface area contributed by atoms with Crippen LogP contribution in [0.2, 0.25) is 0 Å². The molecule has 0 atom stereocenters. The summed E-state index contributed by atoms with van der Waals surface area (Å²) < 4.78 is 0. The zero-order chi connectivity index (χ0) is 15.7. The fraction of sp³-hybridized carbons (Fsp3) is 0.625. The molecule has 1 N–H and O–H groups in total. The molecule has 0 bridgehead atoms. The highest BCUT2D eigenvalue weighted by molar-refractivity contribution is 14.0. The number of unbranched alkanes of at least 4 members (excludes halogenated alkanes) is 3. The minimum absolute atomic E-state index is 0. The third kappa shape index (κ3) is 7.58. The van der Waals surface area contributed by atoms with Crippen LogP contribution in [0.1, 0.15) is 41.3 Å². The maximum atomic E-state index is 4.54. The summed E-state index contributed by atoms with van der Waals surface area (Å²) in [6.45, 7) is 9.68. The zero-order valence-corrected chi connectivity index (χ0v) is 17.3. The van der Waals surface area contributed by atoms with Crippen LogP contribution in [0.3, 0.4) is 0 Å². The number of nitrogens with zero attached hydrogens (tertiary/aromatic N) is 3. The molecule has 0 spiro atoms. The molecule has 0 fully saturated rings. The van der Waals surface area contributed by atoms with Crippen LogP contribution in [0.5, 0.6) is 0 Å². The average molecular weight is 436 g/mol. The zero-order valence-electron chi connectivity index (χ0n) is 14.2. The van der Waals surface area contributed by atoms with E-state index < -0.39 is 0 Å². The summed E-state index contributed by atoms with van der Waals surface area (Å²) in [5.41, 5.74) is 1.13. The molecule has 1 heterocycles. The summed E-state index contributed by atoms with van der Waals surface area (Å²) in [6, 6.07) is 0. The number of nitrogens with one attached hydrogen (secondary N) is 1. The summed E-state index contributed by atoms with van der Waals surface area (Å²) in [5, 5.41) is 4.50.